The molecule has 0 spiro atoms. The summed E-state index contributed by atoms with van der Waals surface area (Å²) in [6.07, 6.45) is 8.47. The van der Waals surface area contributed by atoms with E-state index >= 15 is 0 Å². The van der Waals surface area contributed by atoms with Crippen molar-refractivity contribution in [1.82, 2.24) is 4.90 Å². The first-order chi connectivity index (χ1) is 9.29. The van der Waals surface area contributed by atoms with Crippen LogP contribution in [0.25, 0.3) is 0 Å². The number of rotatable bonds is 6. The second-order valence-electron chi connectivity index (χ2n) is 6.37. The average Bonchev–Trinajstić information content (AvgIpc) is 3.10. The highest BCUT2D eigenvalue weighted by molar-refractivity contribution is 5.76. The van der Waals surface area contributed by atoms with Crippen molar-refractivity contribution in [1.29, 1.82) is 0 Å². The second kappa shape index (κ2) is 5.80. The maximum atomic E-state index is 12.2. The van der Waals surface area contributed by atoms with Gasteiger partial charge in [-0.1, -0.05) is 12.8 Å². The Labute approximate surface area is 115 Å². The van der Waals surface area contributed by atoms with Crippen molar-refractivity contribution in [2.45, 2.75) is 57.2 Å². The van der Waals surface area contributed by atoms with Crippen LogP contribution in [0.15, 0.2) is 0 Å². The molecule has 3 aliphatic heterocycles. The molecule has 108 valence electrons. The van der Waals surface area contributed by atoms with Crippen LogP contribution in [0.3, 0.4) is 0 Å². The van der Waals surface area contributed by atoms with Crippen LogP contribution in [0.5, 0.6) is 0 Å². The van der Waals surface area contributed by atoms with E-state index in [1.54, 1.807) is 0 Å². The lowest BCUT2D eigenvalue weighted by Gasteiger charge is -2.18. The first-order valence-corrected chi connectivity index (χ1v) is 7.93. The van der Waals surface area contributed by atoms with E-state index in [0.29, 0.717) is 30.0 Å². The van der Waals surface area contributed by atoms with Crippen molar-refractivity contribution in [2.24, 2.45) is 17.6 Å². The molecule has 4 heteroatoms. The fraction of sp³-hybridized carbons (Fsp3) is 0.933. The minimum absolute atomic E-state index is 0.363. The van der Waals surface area contributed by atoms with Gasteiger partial charge in [-0.3, -0.25) is 4.79 Å². The highest BCUT2D eigenvalue weighted by Gasteiger charge is 2.53. The third-order valence-corrected chi connectivity index (χ3v) is 5.15. The summed E-state index contributed by atoms with van der Waals surface area (Å²) in [5.41, 5.74) is 5.47. The molecule has 3 fully saturated rings. The van der Waals surface area contributed by atoms with Gasteiger partial charge in [0, 0.05) is 31.3 Å². The normalized spacial score (nSPS) is 35.9. The van der Waals surface area contributed by atoms with E-state index in [1.165, 1.54) is 12.8 Å². The number of fused-ring (bicyclic) bond motifs is 5. The summed E-state index contributed by atoms with van der Waals surface area (Å²) < 4.78 is 5.94. The molecule has 0 saturated carbocycles. The van der Waals surface area contributed by atoms with E-state index in [4.69, 9.17) is 10.5 Å². The molecular formula is C15H26N2O2. The number of unbranched alkanes of at least 4 members (excludes halogenated alkanes) is 3. The van der Waals surface area contributed by atoms with Gasteiger partial charge >= 0.3 is 0 Å². The summed E-state index contributed by atoms with van der Waals surface area (Å²) in [7, 11) is 0. The molecule has 4 nitrogen and oxygen atoms in total. The van der Waals surface area contributed by atoms with Crippen molar-refractivity contribution < 1.29 is 9.53 Å². The highest BCUT2D eigenvalue weighted by atomic mass is 16.5. The van der Waals surface area contributed by atoms with Gasteiger partial charge in [0.05, 0.1) is 12.2 Å². The Kier molecular flexibility index (Phi) is 4.08. The molecule has 0 aromatic heterocycles. The highest BCUT2D eigenvalue weighted by Crippen LogP contribution is 2.47. The Balaban J connectivity index is 1.40. The molecule has 0 aromatic carbocycles. The van der Waals surface area contributed by atoms with Crippen LogP contribution >= 0.6 is 0 Å². The molecule has 2 bridgehead atoms. The van der Waals surface area contributed by atoms with E-state index in [2.05, 4.69) is 4.90 Å². The van der Waals surface area contributed by atoms with E-state index in [-0.39, 0.29) is 0 Å². The number of nitrogens with zero attached hydrogens (tertiary/aromatic N) is 1. The molecule has 4 unspecified atom stereocenters. The number of amides is 1. The van der Waals surface area contributed by atoms with Gasteiger partial charge < -0.3 is 15.4 Å². The number of carbonyl (C=O) groups excluding carboxylic acids is 1. The van der Waals surface area contributed by atoms with Crippen molar-refractivity contribution in [2.75, 3.05) is 19.6 Å². The van der Waals surface area contributed by atoms with Crippen LogP contribution in [-0.4, -0.2) is 42.6 Å². The third-order valence-electron chi connectivity index (χ3n) is 5.15. The van der Waals surface area contributed by atoms with Gasteiger partial charge in [-0.2, -0.15) is 0 Å². The molecule has 3 aliphatic rings. The number of nitrogens with two attached hydrogens (primary N) is 1. The molecular weight excluding hydrogens is 240 g/mol. The van der Waals surface area contributed by atoms with E-state index in [9.17, 15) is 4.79 Å². The molecule has 4 atom stereocenters. The Bertz CT molecular complexity index is 316. The molecule has 0 aliphatic carbocycles. The lowest BCUT2D eigenvalue weighted by Crippen LogP contribution is -2.31. The predicted molar refractivity (Wildman–Crippen MR) is 73.6 cm³/mol. The van der Waals surface area contributed by atoms with E-state index in [0.717, 1.165) is 51.7 Å². The van der Waals surface area contributed by atoms with Gasteiger partial charge in [0.2, 0.25) is 5.91 Å². The Hall–Kier alpha value is -0.610. The molecule has 2 N–H and O–H groups in total. The number of ether oxygens (including phenoxy) is 1. The van der Waals surface area contributed by atoms with Crippen molar-refractivity contribution in [3.05, 3.63) is 0 Å². The van der Waals surface area contributed by atoms with Crippen LogP contribution in [0.1, 0.15) is 44.9 Å². The molecule has 3 saturated heterocycles. The first kappa shape index (κ1) is 13.4. The summed E-state index contributed by atoms with van der Waals surface area (Å²) in [4.78, 5) is 14.3. The number of likely N-dealkylation sites (tertiary alicyclic amines) is 1. The number of hydrogen-bond donors (Lipinski definition) is 1. The first-order valence-electron chi connectivity index (χ1n) is 7.93. The summed E-state index contributed by atoms with van der Waals surface area (Å²) in [6, 6.07) is 0. The van der Waals surface area contributed by atoms with Gasteiger partial charge in [0.15, 0.2) is 0 Å². The molecule has 0 aromatic rings. The zero-order valence-electron chi connectivity index (χ0n) is 11.7. The zero-order chi connectivity index (χ0) is 13.2. The topological polar surface area (TPSA) is 55.6 Å². The maximum absolute atomic E-state index is 12.2. The summed E-state index contributed by atoms with van der Waals surface area (Å²) >= 11 is 0. The van der Waals surface area contributed by atoms with Crippen molar-refractivity contribution in [3.8, 4) is 0 Å². The maximum Gasteiger partial charge on any atom is 0.222 e. The molecule has 1 amide bonds. The van der Waals surface area contributed by atoms with Crippen molar-refractivity contribution >= 4 is 5.91 Å². The quantitative estimate of drug-likeness (QED) is 0.742. The van der Waals surface area contributed by atoms with Crippen LogP contribution in [-0.2, 0) is 9.53 Å². The van der Waals surface area contributed by atoms with Gasteiger partial charge in [-0.25, -0.2) is 0 Å². The summed E-state index contributed by atoms with van der Waals surface area (Å²) in [5, 5.41) is 0. The minimum Gasteiger partial charge on any atom is -0.374 e. The van der Waals surface area contributed by atoms with Crippen molar-refractivity contribution in [3.63, 3.8) is 0 Å². The Morgan fingerprint density at radius 3 is 2.32 bits per heavy atom. The van der Waals surface area contributed by atoms with E-state index in [1.807, 2.05) is 0 Å². The lowest BCUT2D eigenvalue weighted by atomic mass is 9.82. The average molecular weight is 266 g/mol. The Morgan fingerprint density at radius 1 is 1.05 bits per heavy atom. The van der Waals surface area contributed by atoms with Gasteiger partial charge in [0.1, 0.15) is 0 Å². The zero-order valence-corrected chi connectivity index (χ0v) is 11.7. The number of carbonyl (C=O) groups is 1. The smallest absolute Gasteiger partial charge is 0.222 e. The summed E-state index contributed by atoms with van der Waals surface area (Å²) in [5.74, 6) is 1.64. The van der Waals surface area contributed by atoms with Crippen LogP contribution in [0.4, 0.5) is 0 Å². The van der Waals surface area contributed by atoms with Gasteiger partial charge in [-0.05, 0) is 32.2 Å². The minimum atomic E-state index is 0.363. The predicted octanol–water partition coefficient (Wildman–Crippen LogP) is 1.53. The second-order valence-corrected chi connectivity index (χ2v) is 6.37. The molecule has 19 heavy (non-hydrogen) atoms. The van der Waals surface area contributed by atoms with Crippen LogP contribution in [0, 0.1) is 11.8 Å². The molecule has 3 heterocycles. The molecule has 3 rings (SSSR count). The van der Waals surface area contributed by atoms with Crippen LogP contribution < -0.4 is 5.73 Å². The number of hydrogen-bond acceptors (Lipinski definition) is 3. The fourth-order valence-electron chi connectivity index (χ4n) is 4.10. The monoisotopic (exact) mass is 266 g/mol. The van der Waals surface area contributed by atoms with E-state index < -0.39 is 0 Å². The lowest BCUT2D eigenvalue weighted by molar-refractivity contribution is -0.131. The fourth-order valence-corrected chi connectivity index (χ4v) is 4.10. The summed E-state index contributed by atoms with van der Waals surface area (Å²) in [6.45, 7) is 2.67. The standard InChI is InChI=1S/C15H26N2O2/c16-8-4-2-1-3-5-15(18)17-9-11-12(10-17)14-7-6-13(11)19-14/h11-14H,1-10,16H2. The Morgan fingerprint density at radius 2 is 1.68 bits per heavy atom. The van der Waals surface area contributed by atoms with Gasteiger partial charge in [-0.15, -0.1) is 0 Å². The largest absolute Gasteiger partial charge is 0.374 e. The molecule has 0 radical (unpaired) electrons. The van der Waals surface area contributed by atoms with Gasteiger partial charge in [0.25, 0.3) is 0 Å². The van der Waals surface area contributed by atoms with Crippen LogP contribution in [0.2, 0.25) is 0 Å². The third kappa shape index (κ3) is 2.65. The SMILES string of the molecule is NCCCCCCC(=O)N1CC2C3CCC(O3)C2C1.